The van der Waals surface area contributed by atoms with E-state index in [2.05, 4.69) is 0 Å². The molecule has 1 aromatic rings. The highest BCUT2D eigenvalue weighted by atomic mass is 16.6. The van der Waals surface area contributed by atoms with Gasteiger partial charge in [-0.2, -0.15) is 4.73 Å². The highest BCUT2D eigenvalue weighted by Gasteiger charge is 2.22. The molecule has 0 aromatic carbocycles. The van der Waals surface area contributed by atoms with Crippen molar-refractivity contribution < 1.29 is 23.9 Å². The van der Waals surface area contributed by atoms with E-state index in [1.165, 1.54) is 24.2 Å². The molecule has 0 saturated heterocycles. The fraction of sp³-hybridized carbons (Fsp3) is 0.455. The number of esters is 2. The van der Waals surface area contributed by atoms with Gasteiger partial charge in [0.1, 0.15) is 7.11 Å². The van der Waals surface area contributed by atoms with Gasteiger partial charge in [0, 0.05) is 0 Å². The van der Waals surface area contributed by atoms with Gasteiger partial charge in [0.25, 0.3) is 0 Å². The van der Waals surface area contributed by atoms with Crippen LogP contribution in [0.15, 0.2) is 12.4 Å². The molecule has 94 valence electrons. The first-order valence-corrected chi connectivity index (χ1v) is 5.24. The summed E-state index contributed by atoms with van der Waals surface area (Å²) in [5.41, 5.74) is 0.263. The van der Waals surface area contributed by atoms with Gasteiger partial charge in [-0.25, -0.2) is 9.59 Å². The van der Waals surface area contributed by atoms with Crippen molar-refractivity contribution in [3.8, 4) is 0 Å². The molecule has 0 bridgehead atoms. The summed E-state index contributed by atoms with van der Waals surface area (Å²) in [4.78, 5) is 28.1. The second kappa shape index (κ2) is 5.93. The molecule has 0 aliphatic heterocycles. The number of ether oxygens (including phenoxy) is 2. The first-order chi connectivity index (χ1) is 8.13. The van der Waals surface area contributed by atoms with Gasteiger partial charge >= 0.3 is 11.9 Å². The van der Waals surface area contributed by atoms with E-state index >= 15 is 0 Å². The Morgan fingerprint density at radius 1 is 1.06 bits per heavy atom. The number of rotatable bonds is 5. The zero-order valence-electron chi connectivity index (χ0n) is 10.1. The van der Waals surface area contributed by atoms with Gasteiger partial charge in [0.2, 0.25) is 0 Å². The van der Waals surface area contributed by atoms with Crippen LogP contribution in [-0.2, 0) is 9.47 Å². The van der Waals surface area contributed by atoms with Crippen LogP contribution in [0.5, 0.6) is 0 Å². The Balaban J connectivity index is 3.05. The molecular weight excluding hydrogens is 226 g/mol. The van der Waals surface area contributed by atoms with Gasteiger partial charge in [-0.3, -0.25) is 0 Å². The third-order valence-electron chi connectivity index (χ3n) is 2.00. The van der Waals surface area contributed by atoms with Gasteiger partial charge in [0.05, 0.1) is 36.7 Å². The van der Waals surface area contributed by atoms with Crippen LogP contribution < -0.4 is 4.84 Å². The predicted octanol–water partition coefficient (Wildman–Crippen LogP) is 0.900. The number of hydrogen-bond acceptors (Lipinski definition) is 5. The summed E-state index contributed by atoms with van der Waals surface area (Å²) in [5.74, 6) is -1.15. The maximum atomic E-state index is 11.6. The lowest BCUT2D eigenvalue weighted by molar-refractivity contribution is 0.0480. The van der Waals surface area contributed by atoms with E-state index in [-0.39, 0.29) is 24.3 Å². The zero-order chi connectivity index (χ0) is 12.8. The Morgan fingerprint density at radius 2 is 1.47 bits per heavy atom. The predicted molar refractivity (Wildman–Crippen MR) is 58.8 cm³/mol. The zero-order valence-corrected chi connectivity index (χ0v) is 10.1. The smallest absolute Gasteiger partial charge is 0.340 e. The quantitative estimate of drug-likeness (QED) is 0.716. The van der Waals surface area contributed by atoms with Crippen molar-refractivity contribution in [2.75, 3.05) is 20.3 Å². The van der Waals surface area contributed by atoms with E-state index in [0.717, 1.165) is 0 Å². The number of carbonyl (C=O) groups excluding carboxylic acids is 2. The first-order valence-electron chi connectivity index (χ1n) is 5.24. The van der Waals surface area contributed by atoms with Gasteiger partial charge < -0.3 is 14.3 Å². The van der Waals surface area contributed by atoms with E-state index in [1.54, 1.807) is 13.8 Å². The fourth-order valence-electron chi connectivity index (χ4n) is 1.28. The Labute approximate surface area is 99.0 Å². The largest absolute Gasteiger partial charge is 0.462 e. The molecule has 1 heterocycles. The second-order valence-corrected chi connectivity index (χ2v) is 3.07. The number of nitrogens with zero attached hydrogens (tertiary/aromatic N) is 1. The van der Waals surface area contributed by atoms with Crippen LogP contribution in [-0.4, -0.2) is 37.0 Å². The lowest BCUT2D eigenvalue weighted by Gasteiger charge is -2.02. The van der Waals surface area contributed by atoms with Crippen LogP contribution in [0.1, 0.15) is 34.6 Å². The lowest BCUT2D eigenvalue weighted by atomic mass is 10.2. The summed E-state index contributed by atoms with van der Waals surface area (Å²) in [6.45, 7) is 3.85. The van der Waals surface area contributed by atoms with Crippen molar-refractivity contribution in [3.63, 3.8) is 0 Å². The summed E-state index contributed by atoms with van der Waals surface area (Å²) in [5, 5.41) is 0. The molecule has 0 aliphatic rings. The SMILES string of the molecule is CCOC(=O)c1cn(OC)cc1C(=O)OCC. The highest BCUT2D eigenvalue weighted by Crippen LogP contribution is 2.13. The molecule has 0 aliphatic carbocycles. The van der Waals surface area contributed by atoms with Gasteiger partial charge in [0.15, 0.2) is 0 Å². The minimum absolute atomic E-state index is 0.132. The molecule has 0 atom stereocenters. The Bertz CT molecular complexity index is 374. The fourth-order valence-corrected chi connectivity index (χ4v) is 1.28. The van der Waals surface area contributed by atoms with Gasteiger partial charge in [-0.1, -0.05) is 0 Å². The average molecular weight is 241 g/mol. The minimum atomic E-state index is -0.577. The normalized spacial score (nSPS) is 9.82. The molecule has 17 heavy (non-hydrogen) atoms. The van der Waals surface area contributed by atoms with E-state index in [4.69, 9.17) is 14.3 Å². The van der Waals surface area contributed by atoms with E-state index in [0.29, 0.717) is 0 Å². The van der Waals surface area contributed by atoms with Crippen molar-refractivity contribution in [2.45, 2.75) is 13.8 Å². The van der Waals surface area contributed by atoms with Crippen molar-refractivity contribution in [1.29, 1.82) is 0 Å². The Kier molecular flexibility index (Phi) is 4.56. The summed E-state index contributed by atoms with van der Waals surface area (Å²) in [6, 6.07) is 0. The maximum absolute atomic E-state index is 11.6. The summed E-state index contributed by atoms with van der Waals surface area (Å²) in [7, 11) is 1.42. The third-order valence-corrected chi connectivity index (χ3v) is 2.00. The molecule has 0 saturated carbocycles. The molecule has 6 heteroatoms. The molecule has 0 spiro atoms. The highest BCUT2D eigenvalue weighted by molar-refractivity contribution is 6.03. The summed E-state index contributed by atoms with van der Waals surface area (Å²) >= 11 is 0. The molecule has 0 unspecified atom stereocenters. The van der Waals surface area contributed by atoms with Gasteiger partial charge in [-0.05, 0) is 13.8 Å². The van der Waals surface area contributed by atoms with Crippen molar-refractivity contribution in [1.82, 2.24) is 4.73 Å². The van der Waals surface area contributed by atoms with E-state index in [1.807, 2.05) is 0 Å². The Morgan fingerprint density at radius 3 is 1.76 bits per heavy atom. The van der Waals surface area contributed by atoms with Crippen molar-refractivity contribution in [2.24, 2.45) is 0 Å². The van der Waals surface area contributed by atoms with Gasteiger partial charge in [-0.15, -0.1) is 0 Å². The topological polar surface area (TPSA) is 66.8 Å². The molecule has 1 aromatic heterocycles. The molecule has 1 rings (SSSR count). The molecule has 0 fully saturated rings. The van der Waals surface area contributed by atoms with Crippen molar-refractivity contribution in [3.05, 3.63) is 23.5 Å². The molecule has 0 amide bonds. The second-order valence-electron chi connectivity index (χ2n) is 3.07. The van der Waals surface area contributed by atoms with E-state index < -0.39 is 11.9 Å². The van der Waals surface area contributed by atoms with E-state index in [9.17, 15) is 9.59 Å². The van der Waals surface area contributed by atoms with Crippen LogP contribution in [0.25, 0.3) is 0 Å². The standard InChI is InChI=1S/C11H15NO5/c1-4-16-10(13)8-6-12(15-3)7-9(8)11(14)17-5-2/h6-7H,4-5H2,1-3H3. The van der Waals surface area contributed by atoms with Crippen molar-refractivity contribution >= 4 is 11.9 Å². The minimum Gasteiger partial charge on any atom is -0.462 e. The molecular formula is C11H15NO5. The summed E-state index contributed by atoms with van der Waals surface area (Å²) < 4.78 is 10.9. The monoisotopic (exact) mass is 241 g/mol. The molecule has 0 radical (unpaired) electrons. The first kappa shape index (κ1) is 13.1. The van der Waals surface area contributed by atoms with Crippen LogP contribution in [0.2, 0.25) is 0 Å². The number of carbonyl (C=O) groups is 2. The Hall–Kier alpha value is -1.98. The lowest BCUT2D eigenvalue weighted by Crippen LogP contribution is -2.11. The number of hydrogen-bond donors (Lipinski definition) is 0. The van der Waals surface area contributed by atoms with Crippen LogP contribution in [0.3, 0.4) is 0 Å². The summed E-state index contributed by atoms with van der Waals surface area (Å²) in [6.07, 6.45) is 2.76. The van der Waals surface area contributed by atoms with Crippen LogP contribution in [0.4, 0.5) is 0 Å². The maximum Gasteiger partial charge on any atom is 0.340 e. The molecule has 6 nitrogen and oxygen atoms in total. The van der Waals surface area contributed by atoms with Crippen LogP contribution in [0, 0.1) is 0 Å². The average Bonchev–Trinajstić information content (AvgIpc) is 2.73. The van der Waals surface area contributed by atoms with Crippen LogP contribution >= 0.6 is 0 Å². The third kappa shape index (κ3) is 2.99. The molecule has 0 N–H and O–H groups in total. The number of aromatic nitrogens is 1.